The molecule has 1 fully saturated rings. The molecule has 1 rings (SSSR count). The summed E-state index contributed by atoms with van der Waals surface area (Å²) in [5.41, 5.74) is 0.312. The number of hydrogen-bond donors (Lipinski definition) is 1. The average Bonchev–Trinajstić information content (AvgIpc) is 2.27. The minimum absolute atomic E-state index is 0.312. The van der Waals surface area contributed by atoms with E-state index >= 15 is 0 Å². The first kappa shape index (κ1) is 14.5. The van der Waals surface area contributed by atoms with Crippen LogP contribution in [0.25, 0.3) is 0 Å². The zero-order valence-corrected chi connectivity index (χ0v) is 12.1. The molecule has 0 amide bonds. The highest BCUT2D eigenvalue weighted by atomic mass is 15.3. The molecule has 3 unspecified atom stereocenters. The topological polar surface area (TPSA) is 15.3 Å². The van der Waals surface area contributed by atoms with Crippen LogP contribution in [0, 0.1) is 17.8 Å². The molecule has 0 aromatic carbocycles. The molecule has 98 valence electrons. The molecular weight excluding hydrogens is 208 g/mol. The van der Waals surface area contributed by atoms with Gasteiger partial charge in [-0.1, -0.05) is 27.7 Å². The molecule has 1 saturated heterocycles. The highest BCUT2D eigenvalue weighted by molar-refractivity contribution is 4.96. The van der Waals surface area contributed by atoms with Crippen molar-refractivity contribution in [1.82, 2.24) is 10.2 Å². The minimum Gasteiger partial charge on any atom is -0.311 e. The SMILES string of the molecule is C#CCC(C)N1CC(C(C)(C)C)NCC1CC. The fourth-order valence-electron chi connectivity index (χ4n) is 2.61. The molecule has 1 aliphatic heterocycles. The first-order chi connectivity index (χ1) is 7.90. The third-order valence-corrected chi connectivity index (χ3v) is 3.96. The maximum Gasteiger partial charge on any atom is 0.0244 e. The van der Waals surface area contributed by atoms with E-state index in [0.717, 1.165) is 19.5 Å². The Bertz CT molecular complexity index is 272. The number of nitrogens with one attached hydrogen (secondary N) is 1. The van der Waals surface area contributed by atoms with Crippen LogP contribution in [0.2, 0.25) is 0 Å². The van der Waals surface area contributed by atoms with Gasteiger partial charge in [-0.25, -0.2) is 0 Å². The molecule has 2 heteroatoms. The van der Waals surface area contributed by atoms with Gasteiger partial charge in [0.15, 0.2) is 0 Å². The molecule has 0 aromatic rings. The lowest BCUT2D eigenvalue weighted by molar-refractivity contribution is 0.0551. The lowest BCUT2D eigenvalue weighted by Crippen LogP contribution is -2.62. The van der Waals surface area contributed by atoms with Crippen molar-refractivity contribution >= 4 is 0 Å². The lowest BCUT2D eigenvalue weighted by Gasteiger charge is -2.47. The van der Waals surface area contributed by atoms with Crippen LogP contribution in [0.1, 0.15) is 47.5 Å². The second-order valence-electron chi connectivity index (χ2n) is 6.34. The average molecular weight is 236 g/mol. The highest BCUT2D eigenvalue weighted by Crippen LogP contribution is 2.25. The van der Waals surface area contributed by atoms with Gasteiger partial charge in [-0.05, 0) is 18.8 Å². The summed E-state index contributed by atoms with van der Waals surface area (Å²) in [5.74, 6) is 2.80. The quantitative estimate of drug-likeness (QED) is 0.757. The molecule has 17 heavy (non-hydrogen) atoms. The Kier molecular flexibility index (Phi) is 5.04. The van der Waals surface area contributed by atoms with Gasteiger partial charge < -0.3 is 5.32 Å². The van der Waals surface area contributed by atoms with Crippen molar-refractivity contribution in [2.45, 2.75) is 65.6 Å². The summed E-state index contributed by atoms with van der Waals surface area (Å²) >= 11 is 0. The van der Waals surface area contributed by atoms with Crippen molar-refractivity contribution in [3.63, 3.8) is 0 Å². The summed E-state index contributed by atoms with van der Waals surface area (Å²) in [5, 5.41) is 3.69. The predicted molar refractivity (Wildman–Crippen MR) is 74.9 cm³/mol. The van der Waals surface area contributed by atoms with E-state index < -0.39 is 0 Å². The zero-order chi connectivity index (χ0) is 13.1. The van der Waals surface area contributed by atoms with Crippen LogP contribution in [0.15, 0.2) is 0 Å². The standard InChI is InChI=1S/C15H28N2/c1-7-9-12(3)17-11-14(15(4,5)6)16-10-13(17)8-2/h1,12-14,16H,8-11H2,2-6H3. The summed E-state index contributed by atoms with van der Waals surface area (Å²) < 4.78 is 0. The fourth-order valence-corrected chi connectivity index (χ4v) is 2.61. The van der Waals surface area contributed by atoms with Gasteiger partial charge >= 0.3 is 0 Å². The Morgan fingerprint density at radius 2 is 2.12 bits per heavy atom. The maximum absolute atomic E-state index is 5.45. The summed E-state index contributed by atoms with van der Waals surface area (Å²) in [6.07, 6.45) is 7.50. The van der Waals surface area contributed by atoms with E-state index in [4.69, 9.17) is 6.42 Å². The second-order valence-corrected chi connectivity index (χ2v) is 6.34. The Labute approximate surface area is 107 Å². The highest BCUT2D eigenvalue weighted by Gasteiger charge is 2.34. The van der Waals surface area contributed by atoms with Crippen LogP contribution in [0.4, 0.5) is 0 Å². The van der Waals surface area contributed by atoms with E-state index in [2.05, 4.69) is 50.8 Å². The summed E-state index contributed by atoms with van der Waals surface area (Å²) in [6.45, 7) is 13.6. The molecule has 1 N–H and O–H groups in total. The van der Waals surface area contributed by atoms with E-state index in [1.54, 1.807) is 0 Å². The minimum atomic E-state index is 0.312. The van der Waals surface area contributed by atoms with Crippen molar-refractivity contribution < 1.29 is 0 Å². The molecule has 1 heterocycles. The van der Waals surface area contributed by atoms with Gasteiger partial charge in [-0.2, -0.15) is 0 Å². The van der Waals surface area contributed by atoms with Crippen molar-refractivity contribution in [3.05, 3.63) is 0 Å². The lowest BCUT2D eigenvalue weighted by atomic mass is 9.84. The predicted octanol–water partition coefficient (Wildman–Crippen LogP) is 2.50. The van der Waals surface area contributed by atoms with E-state index in [-0.39, 0.29) is 0 Å². The van der Waals surface area contributed by atoms with Crippen molar-refractivity contribution in [2.75, 3.05) is 13.1 Å². The van der Waals surface area contributed by atoms with Gasteiger partial charge in [0.1, 0.15) is 0 Å². The first-order valence-corrected chi connectivity index (χ1v) is 6.82. The van der Waals surface area contributed by atoms with Crippen LogP contribution < -0.4 is 5.32 Å². The molecule has 0 saturated carbocycles. The summed E-state index contributed by atoms with van der Waals surface area (Å²) in [7, 11) is 0. The van der Waals surface area contributed by atoms with Gasteiger partial charge in [0, 0.05) is 37.6 Å². The second kappa shape index (κ2) is 5.89. The Hall–Kier alpha value is -0.520. The number of nitrogens with zero attached hydrogens (tertiary/aromatic N) is 1. The Morgan fingerprint density at radius 1 is 1.47 bits per heavy atom. The molecule has 0 aromatic heterocycles. The van der Waals surface area contributed by atoms with Crippen LogP contribution in [-0.2, 0) is 0 Å². The number of piperazine rings is 1. The van der Waals surface area contributed by atoms with E-state index in [1.165, 1.54) is 6.42 Å². The summed E-state index contributed by atoms with van der Waals surface area (Å²) in [6, 6.07) is 1.69. The third kappa shape index (κ3) is 3.72. The number of hydrogen-bond acceptors (Lipinski definition) is 2. The molecule has 3 atom stereocenters. The maximum atomic E-state index is 5.45. The van der Waals surface area contributed by atoms with Crippen LogP contribution >= 0.6 is 0 Å². The van der Waals surface area contributed by atoms with Crippen molar-refractivity contribution in [2.24, 2.45) is 5.41 Å². The van der Waals surface area contributed by atoms with Crippen LogP contribution in [0.5, 0.6) is 0 Å². The first-order valence-electron chi connectivity index (χ1n) is 6.82. The zero-order valence-electron chi connectivity index (χ0n) is 12.1. The monoisotopic (exact) mass is 236 g/mol. The van der Waals surface area contributed by atoms with Gasteiger partial charge in [0.25, 0.3) is 0 Å². The van der Waals surface area contributed by atoms with Crippen LogP contribution in [0.3, 0.4) is 0 Å². The molecule has 0 radical (unpaired) electrons. The van der Waals surface area contributed by atoms with Gasteiger partial charge in [0.05, 0.1) is 0 Å². The number of rotatable bonds is 3. The third-order valence-electron chi connectivity index (χ3n) is 3.96. The van der Waals surface area contributed by atoms with E-state index in [9.17, 15) is 0 Å². The van der Waals surface area contributed by atoms with Gasteiger partial charge in [-0.15, -0.1) is 12.3 Å². The van der Waals surface area contributed by atoms with Crippen molar-refractivity contribution in [3.8, 4) is 12.3 Å². The Balaban J connectivity index is 2.72. The van der Waals surface area contributed by atoms with Crippen LogP contribution in [-0.4, -0.2) is 36.1 Å². The molecule has 0 aliphatic carbocycles. The smallest absolute Gasteiger partial charge is 0.0244 e. The molecular formula is C15H28N2. The fraction of sp³-hybridized carbons (Fsp3) is 0.867. The van der Waals surface area contributed by atoms with Gasteiger partial charge in [0.2, 0.25) is 0 Å². The van der Waals surface area contributed by atoms with E-state index in [0.29, 0.717) is 23.5 Å². The molecule has 0 spiro atoms. The largest absolute Gasteiger partial charge is 0.311 e. The van der Waals surface area contributed by atoms with Gasteiger partial charge in [-0.3, -0.25) is 4.90 Å². The molecule has 0 bridgehead atoms. The van der Waals surface area contributed by atoms with E-state index in [1.807, 2.05) is 0 Å². The summed E-state index contributed by atoms with van der Waals surface area (Å²) in [4.78, 5) is 2.60. The number of terminal acetylenes is 1. The normalized spacial score (nSPS) is 28.7. The molecule has 2 nitrogen and oxygen atoms in total. The molecule has 1 aliphatic rings. The van der Waals surface area contributed by atoms with Crippen molar-refractivity contribution in [1.29, 1.82) is 0 Å². The Morgan fingerprint density at radius 3 is 2.59 bits per heavy atom.